The molecule has 0 aliphatic carbocycles. The largest absolute Gasteiger partial charge is 0.436 e. The molecule has 1 saturated heterocycles. The predicted molar refractivity (Wildman–Crippen MR) is 63.6 cm³/mol. The number of benzene rings is 1. The van der Waals surface area contributed by atoms with Gasteiger partial charge in [0.15, 0.2) is 0 Å². The van der Waals surface area contributed by atoms with Gasteiger partial charge in [-0.25, -0.2) is 9.69 Å². The number of halogens is 3. The molecule has 0 radical (unpaired) electrons. The van der Waals surface area contributed by atoms with E-state index in [0.717, 1.165) is 17.0 Å². The van der Waals surface area contributed by atoms with Gasteiger partial charge in [0.25, 0.3) is 0 Å². The van der Waals surface area contributed by atoms with Crippen LogP contribution in [-0.4, -0.2) is 11.7 Å². The number of carbonyl (C=O) groups is 1. The van der Waals surface area contributed by atoms with Crippen LogP contribution in [0.1, 0.15) is 19.4 Å². The summed E-state index contributed by atoms with van der Waals surface area (Å²) in [6.07, 6.45) is -5.19. The fraction of sp³-hybridized carbons (Fsp3) is 0.308. The molecule has 0 saturated carbocycles. The number of rotatable bonds is 1. The molecule has 102 valence electrons. The summed E-state index contributed by atoms with van der Waals surface area (Å²) in [6, 6.07) is 4.49. The third-order valence-corrected chi connectivity index (χ3v) is 2.92. The lowest BCUT2D eigenvalue weighted by Gasteiger charge is -2.19. The van der Waals surface area contributed by atoms with Crippen LogP contribution in [0.15, 0.2) is 36.5 Å². The summed E-state index contributed by atoms with van der Waals surface area (Å²) in [7, 11) is 0. The van der Waals surface area contributed by atoms with Gasteiger partial charge < -0.3 is 4.74 Å². The molecule has 1 fully saturated rings. The summed E-state index contributed by atoms with van der Waals surface area (Å²) in [6.45, 7) is 6.96. The molecule has 0 spiro atoms. The molecule has 0 atom stereocenters. The third-order valence-electron chi connectivity index (χ3n) is 2.92. The molecule has 0 unspecified atom stereocenters. The van der Waals surface area contributed by atoms with Crippen molar-refractivity contribution < 1.29 is 22.7 Å². The van der Waals surface area contributed by atoms with Crippen LogP contribution in [0, 0.1) is 0 Å². The molecular formula is C13H12F3NO2. The van der Waals surface area contributed by atoms with Gasteiger partial charge in [-0.05, 0) is 32.0 Å². The van der Waals surface area contributed by atoms with E-state index in [1.54, 1.807) is 13.8 Å². The topological polar surface area (TPSA) is 29.5 Å². The number of carbonyl (C=O) groups excluding carboxylic acids is 1. The highest BCUT2D eigenvalue weighted by Gasteiger charge is 2.43. The molecule has 2 rings (SSSR count). The first-order valence-electron chi connectivity index (χ1n) is 5.53. The number of hydrogen-bond donors (Lipinski definition) is 0. The molecule has 0 N–H and O–H groups in total. The average Bonchev–Trinajstić information content (AvgIpc) is 2.47. The fourth-order valence-electron chi connectivity index (χ4n) is 1.78. The maximum atomic E-state index is 12.6. The molecule has 1 heterocycles. The molecule has 3 nitrogen and oxygen atoms in total. The number of nitrogens with zero attached hydrogens (tertiary/aromatic N) is 1. The van der Waals surface area contributed by atoms with E-state index in [1.165, 1.54) is 12.1 Å². The highest BCUT2D eigenvalue weighted by atomic mass is 19.4. The minimum absolute atomic E-state index is 0.0930. The summed E-state index contributed by atoms with van der Waals surface area (Å²) >= 11 is 0. The van der Waals surface area contributed by atoms with Gasteiger partial charge in [0.2, 0.25) is 0 Å². The molecule has 0 aromatic heterocycles. The maximum absolute atomic E-state index is 12.6. The molecular weight excluding hydrogens is 259 g/mol. The van der Waals surface area contributed by atoms with Gasteiger partial charge in [0.1, 0.15) is 5.60 Å². The van der Waals surface area contributed by atoms with Crippen molar-refractivity contribution >= 4 is 11.8 Å². The first-order valence-corrected chi connectivity index (χ1v) is 5.53. The Balaban J connectivity index is 2.44. The van der Waals surface area contributed by atoms with Crippen LogP contribution in [0.4, 0.5) is 23.7 Å². The van der Waals surface area contributed by atoms with E-state index in [4.69, 9.17) is 4.74 Å². The van der Waals surface area contributed by atoms with Crippen molar-refractivity contribution in [2.75, 3.05) is 4.90 Å². The summed E-state index contributed by atoms with van der Waals surface area (Å²) in [5.74, 6) is 0. The molecule has 1 aliphatic rings. The Kier molecular flexibility index (Phi) is 2.84. The molecule has 1 aliphatic heterocycles. The van der Waals surface area contributed by atoms with Crippen molar-refractivity contribution in [3.8, 4) is 0 Å². The monoisotopic (exact) mass is 271 g/mol. The van der Waals surface area contributed by atoms with Crippen molar-refractivity contribution in [1.82, 2.24) is 0 Å². The Bertz CT molecular complexity index is 549. The normalized spacial score (nSPS) is 18.7. The first-order chi connectivity index (χ1) is 8.63. The van der Waals surface area contributed by atoms with Crippen molar-refractivity contribution in [1.29, 1.82) is 0 Å². The van der Waals surface area contributed by atoms with E-state index in [9.17, 15) is 18.0 Å². The lowest BCUT2D eigenvalue weighted by molar-refractivity contribution is -0.137. The van der Waals surface area contributed by atoms with Crippen molar-refractivity contribution in [3.05, 3.63) is 42.1 Å². The summed E-state index contributed by atoms with van der Waals surface area (Å²) in [5, 5.41) is 0. The summed E-state index contributed by atoms with van der Waals surface area (Å²) < 4.78 is 43.0. The molecule has 0 bridgehead atoms. The van der Waals surface area contributed by atoms with E-state index >= 15 is 0 Å². The number of ether oxygens (including phenoxy) is 1. The van der Waals surface area contributed by atoms with Crippen LogP contribution in [0.2, 0.25) is 0 Å². The average molecular weight is 271 g/mol. The second kappa shape index (κ2) is 4.01. The van der Waals surface area contributed by atoms with Crippen molar-refractivity contribution in [3.63, 3.8) is 0 Å². The highest BCUT2D eigenvalue weighted by Crippen LogP contribution is 2.38. The Morgan fingerprint density at radius 3 is 2.42 bits per heavy atom. The predicted octanol–water partition coefficient (Wildman–Crippen LogP) is 3.95. The van der Waals surface area contributed by atoms with Gasteiger partial charge in [-0.2, -0.15) is 13.2 Å². The number of alkyl halides is 3. The zero-order valence-corrected chi connectivity index (χ0v) is 10.4. The van der Waals surface area contributed by atoms with Crippen molar-refractivity contribution in [2.24, 2.45) is 0 Å². The lowest BCUT2D eigenvalue weighted by atomic mass is 10.1. The van der Waals surface area contributed by atoms with Gasteiger partial charge >= 0.3 is 12.3 Å². The Labute approximate surface area is 108 Å². The molecule has 1 amide bonds. The Morgan fingerprint density at radius 2 is 1.95 bits per heavy atom. The van der Waals surface area contributed by atoms with E-state index < -0.39 is 23.4 Å². The van der Waals surface area contributed by atoms with Crippen molar-refractivity contribution in [2.45, 2.75) is 25.6 Å². The van der Waals surface area contributed by atoms with Gasteiger partial charge in [0.05, 0.1) is 16.9 Å². The number of cyclic esters (lactones) is 1. The number of amides is 1. The smallest absolute Gasteiger partial charge is 0.419 e. The van der Waals surface area contributed by atoms with Gasteiger partial charge in [-0.15, -0.1) is 0 Å². The second-order valence-electron chi connectivity index (χ2n) is 4.71. The Morgan fingerprint density at radius 1 is 1.32 bits per heavy atom. The standard InChI is InChI=1S/C13H12F3NO2/c1-8-12(2,3)19-11(18)17(8)10-6-4-5-9(7-10)13(14,15)16/h4-7H,1H2,2-3H3. The van der Waals surface area contributed by atoms with Crippen LogP contribution in [0.3, 0.4) is 0 Å². The van der Waals surface area contributed by atoms with Crippen LogP contribution < -0.4 is 4.90 Å². The van der Waals surface area contributed by atoms with Gasteiger partial charge in [-0.3, -0.25) is 0 Å². The third kappa shape index (κ3) is 2.30. The Hall–Kier alpha value is -1.98. The molecule has 1 aromatic rings. The lowest BCUT2D eigenvalue weighted by Crippen LogP contribution is -2.25. The second-order valence-corrected chi connectivity index (χ2v) is 4.71. The minimum Gasteiger partial charge on any atom is -0.436 e. The first kappa shape index (κ1) is 13.5. The van der Waals surface area contributed by atoms with E-state index in [-0.39, 0.29) is 5.69 Å². The van der Waals surface area contributed by atoms with Crippen LogP contribution >= 0.6 is 0 Å². The number of hydrogen-bond acceptors (Lipinski definition) is 2. The van der Waals surface area contributed by atoms with Crippen LogP contribution in [-0.2, 0) is 10.9 Å². The molecule has 6 heteroatoms. The van der Waals surface area contributed by atoms with E-state index in [0.29, 0.717) is 5.70 Å². The molecule has 19 heavy (non-hydrogen) atoms. The minimum atomic E-state index is -4.46. The molecule has 1 aromatic carbocycles. The summed E-state index contributed by atoms with van der Waals surface area (Å²) in [5.41, 5.74) is -1.35. The van der Waals surface area contributed by atoms with Crippen LogP contribution in [0.5, 0.6) is 0 Å². The maximum Gasteiger partial charge on any atom is 0.419 e. The van der Waals surface area contributed by atoms with Crippen LogP contribution in [0.25, 0.3) is 0 Å². The van der Waals surface area contributed by atoms with Gasteiger partial charge in [0, 0.05) is 0 Å². The van der Waals surface area contributed by atoms with E-state index in [2.05, 4.69) is 6.58 Å². The van der Waals surface area contributed by atoms with Gasteiger partial charge in [-0.1, -0.05) is 12.6 Å². The fourth-order valence-corrected chi connectivity index (χ4v) is 1.78. The quantitative estimate of drug-likeness (QED) is 0.773. The zero-order chi connectivity index (χ0) is 14.4. The zero-order valence-electron chi connectivity index (χ0n) is 10.4. The summed E-state index contributed by atoms with van der Waals surface area (Å²) in [4.78, 5) is 12.8. The van der Waals surface area contributed by atoms with E-state index in [1.807, 2.05) is 0 Å². The SMILES string of the molecule is C=C1N(c2cccc(C(F)(F)F)c2)C(=O)OC1(C)C. The number of anilines is 1. The highest BCUT2D eigenvalue weighted by molar-refractivity contribution is 5.94.